The van der Waals surface area contributed by atoms with Gasteiger partial charge in [0.25, 0.3) is 0 Å². The van der Waals surface area contributed by atoms with E-state index in [1.807, 2.05) is 52.0 Å². The molecule has 0 bridgehead atoms. The Labute approximate surface area is 169 Å². The molecule has 150 valence electrons. The number of amides is 2. The number of hydrogen-bond donors (Lipinski definition) is 1. The topological polar surface area (TPSA) is 84.4 Å². The second kappa shape index (κ2) is 8.26. The summed E-state index contributed by atoms with van der Waals surface area (Å²) in [5.74, 6) is 0.324. The first-order chi connectivity index (χ1) is 13.2. The summed E-state index contributed by atoms with van der Waals surface area (Å²) in [6.07, 6.45) is 1.90. The highest BCUT2D eigenvalue weighted by Gasteiger charge is 2.35. The molecule has 1 fully saturated rings. The molecule has 1 aromatic carbocycles. The van der Waals surface area contributed by atoms with E-state index in [9.17, 15) is 9.59 Å². The normalized spacial score (nSPS) is 17.3. The van der Waals surface area contributed by atoms with Gasteiger partial charge < -0.3 is 4.74 Å². The molecular formula is C20H26N4O3S. The van der Waals surface area contributed by atoms with Crippen LogP contribution in [0.2, 0.25) is 0 Å². The third-order valence-corrected chi connectivity index (χ3v) is 5.03. The number of benzene rings is 1. The van der Waals surface area contributed by atoms with E-state index in [0.29, 0.717) is 23.9 Å². The third kappa shape index (κ3) is 5.07. The molecule has 8 heteroatoms. The lowest BCUT2D eigenvalue weighted by Crippen LogP contribution is -2.51. The van der Waals surface area contributed by atoms with Crippen LogP contribution in [0.1, 0.15) is 45.6 Å². The Hall–Kier alpha value is -2.48. The molecule has 2 amide bonds. The summed E-state index contributed by atoms with van der Waals surface area (Å²) in [6, 6.07) is 7.34. The van der Waals surface area contributed by atoms with Crippen molar-refractivity contribution in [2.24, 2.45) is 0 Å². The Kier molecular flexibility index (Phi) is 5.98. The molecule has 2 aromatic rings. The third-order valence-electron chi connectivity index (χ3n) is 4.40. The predicted octanol–water partition coefficient (Wildman–Crippen LogP) is 4.24. The van der Waals surface area contributed by atoms with E-state index >= 15 is 0 Å². The first-order valence-corrected chi connectivity index (χ1v) is 10.2. The van der Waals surface area contributed by atoms with E-state index in [2.05, 4.69) is 14.7 Å². The van der Waals surface area contributed by atoms with Crippen molar-refractivity contribution in [3.8, 4) is 11.4 Å². The number of aryl methyl sites for hydroxylation is 1. The van der Waals surface area contributed by atoms with Crippen LogP contribution in [0.5, 0.6) is 0 Å². The number of carbonyl (C=O) groups excluding carboxylic acids is 2. The standard InChI is InChI=1S/C20H26N4O3S/c1-13-8-10-14(11-9-13)16-21-18(28-23-16)22-17(25)15-7-5-6-12-24(15)19(26)27-20(2,3)4/h8-11,15H,5-7,12H2,1-4H3,(H,21,22,23,25). The molecule has 0 aliphatic carbocycles. The maximum absolute atomic E-state index is 12.8. The number of ether oxygens (including phenoxy) is 1. The van der Waals surface area contributed by atoms with Crippen LogP contribution in [-0.4, -0.2) is 44.4 Å². The van der Waals surface area contributed by atoms with Gasteiger partial charge in [0.05, 0.1) is 0 Å². The fraction of sp³-hybridized carbons (Fsp3) is 0.500. The number of anilines is 1. The number of piperidine rings is 1. The van der Waals surface area contributed by atoms with Crippen molar-refractivity contribution < 1.29 is 14.3 Å². The molecule has 1 unspecified atom stereocenters. The SMILES string of the molecule is Cc1ccc(-c2nsc(NC(=O)C3CCCCN3C(=O)OC(C)(C)C)n2)cc1. The largest absolute Gasteiger partial charge is 0.444 e. The number of nitrogens with zero attached hydrogens (tertiary/aromatic N) is 3. The van der Waals surface area contributed by atoms with Crippen LogP contribution in [0.25, 0.3) is 11.4 Å². The molecule has 1 N–H and O–H groups in total. The van der Waals surface area contributed by atoms with Gasteiger partial charge in [-0.2, -0.15) is 9.36 Å². The van der Waals surface area contributed by atoms with Crippen molar-refractivity contribution in [1.82, 2.24) is 14.3 Å². The minimum absolute atomic E-state index is 0.253. The van der Waals surface area contributed by atoms with Crippen molar-refractivity contribution >= 4 is 28.7 Å². The van der Waals surface area contributed by atoms with E-state index in [0.717, 1.165) is 35.5 Å². The second-order valence-electron chi connectivity index (χ2n) is 7.96. The quantitative estimate of drug-likeness (QED) is 0.830. The van der Waals surface area contributed by atoms with Crippen LogP contribution in [-0.2, 0) is 9.53 Å². The molecule has 1 saturated heterocycles. The van der Waals surface area contributed by atoms with E-state index in [1.165, 1.54) is 4.90 Å². The highest BCUT2D eigenvalue weighted by molar-refractivity contribution is 7.10. The minimum Gasteiger partial charge on any atom is -0.444 e. The lowest BCUT2D eigenvalue weighted by molar-refractivity contribution is -0.122. The van der Waals surface area contributed by atoms with E-state index < -0.39 is 17.7 Å². The number of likely N-dealkylation sites (tertiary alicyclic amines) is 1. The maximum atomic E-state index is 12.8. The number of nitrogens with one attached hydrogen (secondary N) is 1. The smallest absolute Gasteiger partial charge is 0.410 e. The summed E-state index contributed by atoms with van der Waals surface area (Å²) in [5.41, 5.74) is 1.46. The molecule has 2 heterocycles. The van der Waals surface area contributed by atoms with Crippen LogP contribution < -0.4 is 5.32 Å². The minimum atomic E-state index is -0.599. The Bertz CT molecular complexity index is 842. The first kappa shape index (κ1) is 20.3. The highest BCUT2D eigenvalue weighted by Crippen LogP contribution is 2.24. The monoisotopic (exact) mass is 402 g/mol. The molecule has 1 aliphatic rings. The molecule has 0 spiro atoms. The van der Waals surface area contributed by atoms with Gasteiger partial charge in [-0.15, -0.1) is 0 Å². The zero-order valence-electron chi connectivity index (χ0n) is 16.7. The van der Waals surface area contributed by atoms with Crippen LogP contribution in [0.3, 0.4) is 0 Å². The number of rotatable bonds is 3. The van der Waals surface area contributed by atoms with Crippen LogP contribution >= 0.6 is 11.5 Å². The summed E-state index contributed by atoms with van der Waals surface area (Å²) < 4.78 is 9.79. The summed E-state index contributed by atoms with van der Waals surface area (Å²) in [5, 5.41) is 3.24. The van der Waals surface area contributed by atoms with Gasteiger partial charge in [0.1, 0.15) is 11.6 Å². The average Bonchev–Trinajstić information content (AvgIpc) is 3.09. The Balaban J connectivity index is 1.69. The van der Waals surface area contributed by atoms with E-state index in [4.69, 9.17) is 4.74 Å². The van der Waals surface area contributed by atoms with Gasteiger partial charge in [0.15, 0.2) is 5.82 Å². The fourth-order valence-corrected chi connectivity index (χ4v) is 3.62. The predicted molar refractivity (Wildman–Crippen MR) is 109 cm³/mol. The molecule has 0 radical (unpaired) electrons. The lowest BCUT2D eigenvalue weighted by atomic mass is 10.0. The number of aromatic nitrogens is 2. The number of hydrogen-bond acceptors (Lipinski definition) is 6. The van der Waals surface area contributed by atoms with Gasteiger partial charge in [-0.25, -0.2) is 4.79 Å². The Morgan fingerprint density at radius 2 is 1.93 bits per heavy atom. The second-order valence-corrected chi connectivity index (χ2v) is 8.72. The summed E-state index contributed by atoms with van der Waals surface area (Å²) >= 11 is 1.13. The Morgan fingerprint density at radius 1 is 1.21 bits per heavy atom. The molecule has 1 aromatic heterocycles. The summed E-state index contributed by atoms with van der Waals surface area (Å²) in [6.45, 7) is 7.98. The lowest BCUT2D eigenvalue weighted by Gasteiger charge is -2.35. The van der Waals surface area contributed by atoms with Gasteiger partial charge in [-0.1, -0.05) is 29.8 Å². The van der Waals surface area contributed by atoms with Crippen molar-refractivity contribution in [2.45, 2.75) is 58.6 Å². The molecule has 0 saturated carbocycles. The Morgan fingerprint density at radius 3 is 2.61 bits per heavy atom. The maximum Gasteiger partial charge on any atom is 0.410 e. The van der Waals surface area contributed by atoms with Crippen LogP contribution in [0, 0.1) is 6.92 Å². The summed E-state index contributed by atoms with van der Waals surface area (Å²) in [7, 11) is 0. The van der Waals surface area contributed by atoms with Gasteiger partial charge in [0.2, 0.25) is 11.0 Å². The average molecular weight is 403 g/mol. The van der Waals surface area contributed by atoms with Gasteiger partial charge >= 0.3 is 6.09 Å². The highest BCUT2D eigenvalue weighted by atomic mass is 32.1. The van der Waals surface area contributed by atoms with Crippen molar-refractivity contribution in [2.75, 3.05) is 11.9 Å². The molecule has 1 atom stereocenters. The summed E-state index contributed by atoms with van der Waals surface area (Å²) in [4.78, 5) is 31.2. The molecule has 28 heavy (non-hydrogen) atoms. The van der Waals surface area contributed by atoms with Gasteiger partial charge in [-0.05, 0) is 47.0 Å². The van der Waals surface area contributed by atoms with E-state index in [1.54, 1.807) is 0 Å². The van der Waals surface area contributed by atoms with Gasteiger partial charge in [-0.3, -0.25) is 15.0 Å². The van der Waals surface area contributed by atoms with Crippen LogP contribution in [0.4, 0.5) is 9.93 Å². The van der Waals surface area contributed by atoms with Crippen molar-refractivity contribution in [1.29, 1.82) is 0 Å². The van der Waals surface area contributed by atoms with E-state index in [-0.39, 0.29) is 5.91 Å². The van der Waals surface area contributed by atoms with Gasteiger partial charge in [0, 0.05) is 23.6 Å². The molecule has 1 aliphatic heterocycles. The van der Waals surface area contributed by atoms with Crippen molar-refractivity contribution in [3.63, 3.8) is 0 Å². The molecule has 7 nitrogen and oxygen atoms in total. The zero-order chi connectivity index (χ0) is 20.3. The van der Waals surface area contributed by atoms with Crippen molar-refractivity contribution in [3.05, 3.63) is 29.8 Å². The molecular weight excluding hydrogens is 376 g/mol. The first-order valence-electron chi connectivity index (χ1n) is 9.44. The fourth-order valence-electron chi connectivity index (χ4n) is 3.03. The number of carbonyl (C=O) groups is 2. The van der Waals surface area contributed by atoms with Crippen LogP contribution in [0.15, 0.2) is 24.3 Å². The molecule has 3 rings (SSSR count). The zero-order valence-corrected chi connectivity index (χ0v) is 17.5.